The highest BCUT2D eigenvalue weighted by Crippen LogP contribution is 2.38. The van der Waals surface area contributed by atoms with Gasteiger partial charge in [0, 0.05) is 16.1 Å². The fraction of sp³-hybridized carbons (Fsp3) is 0.647. The minimum Gasteiger partial charge on any atom is -0.312 e. The average molecular weight is 339 g/mol. The van der Waals surface area contributed by atoms with Gasteiger partial charge in [0.25, 0.3) is 0 Å². The van der Waals surface area contributed by atoms with Crippen LogP contribution in [0.5, 0.6) is 0 Å². The second kappa shape index (κ2) is 7.06. The molecule has 1 aromatic carbocycles. The molecule has 1 aromatic rings. The first-order valence-corrected chi connectivity index (χ1v) is 8.53. The van der Waals surface area contributed by atoms with Gasteiger partial charge in [0.2, 0.25) is 0 Å². The fourth-order valence-electron chi connectivity index (χ4n) is 3.68. The molecule has 2 rings (SSSR count). The second-order valence-electron chi connectivity index (χ2n) is 6.11. The first-order chi connectivity index (χ1) is 9.60. The molecule has 112 valence electrons. The summed E-state index contributed by atoms with van der Waals surface area (Å²) in [4.78, 5) is 2.46. The maximum Gasteiger partial charge on any atom is 0.0359 e. The predicted octanol–water partition coefficient (Wildman–Crippen LogP) is 3.84. The summed E-state index contributed by atoms with van der Waals surface area (Å²) in [6.07, 6.45) is 6.42. The smallest absolute Gasteiger partial charge is 0.0359 e. The largest absolute Gasteiger partial charge is 0.312 e. The zero-order valence-corrected chi connectivity index (χ0v) is 14.5. The Morgan fingerprint density at radius 1 is 1.25 bits per heavy atom. The van der Waals surface area contributed by atoms with Gasteiger partial charge in [-0.05, 0) is 51.5 Å². The van der Waals surface area contributed by atoms with E-state index < -0.39 is 0 Å². The monoisotopic (exact) mass is 338 g/mol. The van der Waals surface area contributed by atoms with Crippen molar-refractivity contribution in [2.75, 3.05) is 20.6 Å². The lowest BCUT2D eigenvalue weighted by Gasteiger charge is -2.44. The van der Waals surface area contributed by atoms with E-state index in [1.165, 1.54) is 35.7 Å². The highest BCUT2D eigenvalue weighted by molar-refractivity contribution is 9.10. The van der Waals surface area contributed by atoms with E-state index in [9.17, 15) is 0 Å². The predicted molar refractivity (Wildman–Crippen MR) is 90.2 cm³/mol. The van der Waals surface area contributed by atoms with Crippen molar-refractivity contribution in [3.05, 3.63) is 34.3 Å². The molecule has 2 nitrogen and oxygen atoms in total. The Labute approximate surface area is 132 Å². The summed E-state index contributed by atoms with van der Waals surface area (Å²) in [5.74, 6) is 0. The summed E-state index contributed by atoms with van der Waals surface area (Å²) in [7, 11) is 4.49. The summed E-state index contributed by atoms with van der Waals surface area (Å²) in [5, 5.41) is 3.76. The van der Waals surface area contributed by atoms with Crippen LogP contribution in [-0.2, 0) is 6.42 Å². The average Bonchev–Trinajstić information content (AvgIpc) is 2.91. The van der Waals surface area contributed by atoms with E-state index in [1.54, 1.807) is 0 Å². The van der Waals surface area contributed by atoms with Gasteiger partial charge < -0.3 is 10.2 Å². The third-order valence-electron chi connectivity index (χ3n) is 4.84. The molecular formula is C17H27BrN2. The summed E-state index contributed by atoms with van der Waals surface area (Å²) < 4.78 is 1.23. The van der Waals surface area contributed by atoms with Crippen LogP contribution < -0.4 is 5.32 Å². The Balaban J connectivity index is 2.24. The number of hydrogen-bond acceptors (Lipinski definition) is 2. The highest BCUT2D eigenvalue weighted by atomic mass is 79.9. The number of hydrogen-bond donors (Lipinski definition) is 1. The van der Waals surface area contributed by atoms with E-state index in [4.69, 9.17) is 0 Å². The van der Waals surface area contributed by atoms with Gasteiger partial charge in [-0.3, -0.25) is 0 Å². The fourth-order valence-corrected chi connectivity index (χ4v) is 4.12. The van der Waals surface area contributed by atoms with Crippen LogP contribution in [0.25, 0.3) is 0 Å². The van der Waals surface area contributed by atoms with Crippen molar-refractivity contribution in [2.24, 2.45) is 0 Å². The topological polar surface area (TPSA) is 15.3 Å². The summed E-state index contributed by atoms with van der Waals surface area (Å²) in [6, 6.07) is 9.14. The van der Waals surface area contributed by atoms with Crippen LogP contribution in [0.1, 0.15) is 38.2 Å². The molecule has 0 aliphatic heterocycles. The standard InChI is InChI=1S/C17H27BrN2/c1-4-19-16(13-14-9-5-6-10-15(14)18)17(20(2)3)11-7-8-12-17/h5-6,9-10,16,19H,4,7-8,11-13H2,1-3H3. The molecule has 1 unspecified atom stereocenters. The molecule has 0 aromatic heterocycles. The lowest BCUT2D eigenvalue weighted by molar-refractivity contribution is 0.105. The van der Waals surface area contributed by atoms with Gasteiger partial charge in [0.05, 0.1) is 0 Å². The number of halogens is 1. The van der Waals surface area contributed by atoms with Gasteiger partial charge >= 0.3 is 0 Å². The van der Waals surface area contributed by atoms with Crippen LogP contribution in [-0.4, -0.2) is 37.1 Å². The van der Waals surface area contributed by atoms with Crippen LogP contribution in [0.15, 0.2) is 28.7 Å². The molecule has 0 heterocycles. The van der Waals surface area contributed by atoms with Crippen molar-refractivity contribution in [1.29, 1.82) is 0 Å². The number of nitrogens with one attached hydrogen (secondary N) is 1. The van der Waals surface area contributed by atoms with Crippen molar-refractivity contribution in [3.8, 4) is 0 Å². The minimum absolute atomic E-state index is 0.311. The Hall–Kier alpha value is -0.380. The lowest BCUT2D eigenvalue weighted by atomic mass is 9.83. The molecule has 0 amide bonds. The molecular weight excluding hydrogens is 312 g/mol. The third kappa shape index (κ3) is 3.26. The number of nitrogens with zero attached hydrogens (tertiary/aromatic N) is 1. The maximum absolute atomic E-state index is 3.76. The Kier molecular flexibility index (Phi) is 5.65. The number of benzene rings is 1. The van der Waals surface area contributed by atoms with E-state index in [0.717, 1.165) is 13.0 Å². The van der Waals surface area contributed by atoms with Crippen molar-refractivity contribution < 1.29 is 0 Å². The van der Waals surface area contributed by atoms with E-state index in [2.05, 4.69) is 71.4 Å². The van der Waals surface area contributed by atoms with Gasteiger partial charge in [0.15, 0.2) is 0 Å². The Morgan fingerprint density at radius 2 is 1.90 bits per heavy atom. The van der Waals surface area contributed by atoms with E-state index in [1.807, 2.05) is 0 Å². The molecule has 1 saturated carbocycles. The van der Waals surface area contributed by atoms with Crippen LogP contribution in [0.3, 0.4) is 0 Å². The SMILES string of the molecule is CCNC(Cc1ccccc1Br)C1(N(C)C)CCCC1. The zero-order valence-electron chi connectivity index (χ0n) is 13.0. The molecule has 0 radical (unpaired) electrons. The first kappa shape index (κ1) is 16.0. The molecule has 1 N–H and O–H groups in total. The molecule has 0 bridgehead atoms. The van der Waals surface area contributed by atoms with E-state index >= 15 is 0 Å². The van der Waals surface area contributed by atoms with Crippen molar-refractivity contribution in [3.63, 3.8) is 0 Å². The number of rotatable bonds is 6. The van der Waals surface area contributed by atoms with Crippen molar-refractivity contribution >= 4 is 15.9 Å². The van der Waals surface area contributed by atoms with Crippen LogP contribution in [0.4, 0.5) is 0 Å². The Morgan fingerprint density at radius 3 is 2.45 bits per heavy atom. The second-order valence-corrected chi connectivity index (χ2v) is 6.97. The first-order valence-electron chi connectivity index (χ1n) is 7.74. The molecule has 3 heteroatoms. The molecule has 1 atom stereocenters. The molecule has 0 spiro atoms. The zero-order chi connectivity index (χ0) is 14.6. The van der Waals surface area contributed by atoms with Gasteiger partial charge in [-0.2, -0.15) is 0 Å². The lowest BCUT2D eigenvalue weighted by Crippen LogP contribution is -2.58. The van der Waals surface area contributed by atoms with E-state index in [0.29, 0.717) is 11.6 Å². The Bertz CT molecular complexity index is 425. The molecule has 20 heavy (non-hydrogen) atoms. The minimum atomic E-state index is 0.311. The van der Waals surface area contributed by atoms with Gasteiger partial charge in [-0.1, -0.05) is 53.9 Å². The maximum atomic E-state index is 3.76. The quantitative estimate of drug-likeness (QED) is 0.847. The van der Waals surface area contributed by atoms with Crippen LogP contribution in [0, 0.1) is 0 Å². The van der Waals surface area contributed by atoms with Gasteiger partial charge in [0.1, 0.15) is 0 Å². The summed E-state index contributed by atoms with van der Waals surface area (Å²) in [5.41, 5.74) is 1.72. The summed E-state index contributed by atoms with van der Waals surface area (Å²) >= 11 is 3.70. The normalized spacial score (nSPS) is 19.4. The molecule has 1 aliphatic carbocycles. The third-order valence-corrected chi connectivity index (χ3v) is 5.61. The van der Waals surface area contributed by atoms with Gasteiger partial charge in [-0.25, -0.2) is 0 Å². The molecule has 1 aliphatic rings. The number of likely N-dealkylation sites (N-methyl/N-ethyl adjacent to an activating group) is 2. The highest BCUT2D eigenvalue weighted by Gasteiger charge is 2.42. The van der Waals surface area contributed by atoms with Crippen molar-refractivity contribution in [2.45, 2.75) is 50.6 Å². The van der Waals surface area contributed by atoms with Crippen LogP contribution >= 0.6 is 15.9 Å². The van der Waals surface area contributed by atoms with Crippen LogP contribution in [0.2, 0.25) is 0 Å². The van der Waals surface area contributed by atoms with E-state index in [-0.39, 0.29) is 0 Å². The van der Waals surface area contributed by atoms with Gasteiger partial charge in [-0.15, -0.1) is 0 Å². The molecule has 1 fully saturated rings. The summed E-state index contributed by atoms with van der Waals surface area (Å²) in [6.45, 7) is 3.25. The van der Waals surface area contributed by atoms with Crippen molar-refractivity contribution in [1.82, 2.24) is 10.2 Å². The molecule has 0 saturated heterocycles.